The highest BCUT2D eigenvalue weighted by molar-refractivity contribution is 6.33. The van der Waals surface area contributed by atoms with Crippen molar-refractivity contribution in [2.24, 2.45) is 0 Å². The highest BCUT2D eigenvalue weighted by atomic mass is 35.5. The van der Waals surface area contributed by atoms with Crippen LogP contribution in [-0.2, 0) is 0 Å². The number of aromatic nitrogens is 2. The first-order valence-corrected chi connectivity index (χ1v) is 11.1. The molecule has 0 saturated carbocycles. The van der Waals surface area contributed by atoms with Crippen LogP contribution in [0.5, 0.6) is 0 Å². The number of rotatable bonds is 4. The number of piperazine rings is 1. The van der Waals surface area contributed by atoms with Crippen molar-refractivity contribution in [3.8, 4) is 17.1 Å². The largest absolute Gasteiger partial charge is 0.367 e. The first-order valence-electron chi connectivity index (χ1n) is 10.7. The molecular formula is C26H23ClN4O. The molecule has 4 aromatic rings. The number of benzene rings is 3. The second kappa shape index (κ2) is 8.89. The van der Waals surface area contributed by atoms with E-state index < -0.39 is 0 Å². The van der Waals surface area contributed by atoms with Gasteiger partial charge < -0.3 is 9.80 Å². The topological polar surface area (TPSA) is 41.4 Å². The van der Waals surface area contributed by atoms with Crippen molar-refractivity contribution in [2.75, 3.05) is 31.1 Å². The van der Waals surface area contributed by atoms with Crippen LogP contribution in [0.4, 0.5) is 5.69 Å². The average Bonchev–Trinajstić information content (AvgIpc) is 3.31. The number of para-hydroxylation sites is 2. The number of imidazole rings is 1. The highest BCUT2D eigenvalue weighted by Gasteiger charge is 2.26. The molecular weight excluding hydrogens is 420 g/mol. The van der Waals surface area contributed by atoms with E-state index in [2.05, 4.69) is 4.90 Å². The monoisotopic (exact) mass is 442 g/mol. The van der Waals surface area contributed by atoms with E-state index >= 15 is 0 Å². The molecule has 0 N–H and O–H groups in total. The molecule has 0 bridgehead atoms. The van der Waals surface area contributed by atoms with E-state index in [9.17, 15) is 4.79 Å². The van der Waals surface area contributed by atoms with E-state index in [1.165, 1.54) is 0 Å². The summed E-state index contributed by atoms with van der Waals surface area (Å²) in [5, 5.41) is 0.737. The van der Waals surface area contributed by atoms with E-state index in [1.807, 2.05) is 101 Å². The number of halogens is 1. The van der Waals surface area contributed by atoms with Gasteiger partial charge in [0.15, 0.2) is 0 Å². The van der Waals surface area contributed by atoms with Crippen molar-refractivity contribution in [3.63, 3.8) is 0 Å². The zero-order valence-electron chi connectivity index (χ0n) is 17.6. The number of carbonyl (C=O) groups excluding carboxylic acids is 1. The first kappa shape index (κ1) is 20.3. The molecule has 1 fully saturated rings. The summed E-state index contributed by atoms with van der Waals surface area (Å²) in [6, 6.07) is 27.8. The SMILES string of the molecule is O=C(c1cn(-c2ccccc2)c(-c2ccccc2)n1)N1CCN(c2ccccc2Cl)CC1. The summed E-state index contributed by atoms with van der Waals surface area (Å²) in [6.45, 7) is 2.73. The lowest BCUT2D eigenvalue weighted by atomic mass is 10.2. The summed E-state index contributed by atoms with van der Waals surface area (Å²) in [4.78, 5) is 22.2. The number of amides is 1. The van der Waals surface area contributed by atoms with E-state index in [-0.39, 0.29) is 5.91 Å². The Morgan fingerprint density at radius 2 is 1.41 bits per heavy atom. The van der Waals surface area contributed by atoms with Crippen LogP contribution >= 0.6 is 11.6 Å². The summed E-state index contributed by atoms with van der Waals surface area (Å²) in [5.74, 6) is 0.713. The molecule has 3 aromatic carbocycles. The summed E-state index contributed by atoms with van der Waals surface area (Å²) in [6.07, 6.45) is 1.85. The summed E-state index contributed by atoms with van der Waals surface area (Å²) >= 11 is 6.35. The normalized spacial score (nSPS) is 13.9. The molecule has 6 heteroatoms. The Labute approximate surface area is 192 Å². The molecule has 1 amide bonds. The van der Waals surface area contributed by atoms with Gasteiger partial charge in [-0.3, -0.25) is 9.36 Å². The van der Waals surface area contributed by atoms with Crippen molar-refractivity contribution in [1.29, 1.82) is 0 Å². The van der Waals surface area contributed by atoms with Gasteiger partial charge >= 0.3 is 0 Å². The Hall–Kier alpha value is -3.57. The second-order valence-corrected chi connectivity index (χ2v) is 8.16. The van der Waals surface area contributed by atoms with Crippen molar-refractivity contribution in [3.05, 3.63) is 102 Å². The van der Waals surface area contributed by atoms with Gasteiger partial charge in [-0.05, 0) is 24.3 Å². The third kappa shape index (κ3) is 3.99. The molecule has 5 rings (SSSR count). The van der Waals surface area contributed by atoms with Gasteiger partial charge in [0, 0.05) is 43.6 Å². The second-order valence-electron chi connectivity index (χ2n) is 7.75. The lowest BCUT2D eigenvalue weighted by molar-refractivity contribution is 0.0741. The molecule has 0 atom stereocenters. The summed E-state index contributed by atoms with van der Waals surface area (Å²) < 4.78 is 1.99. The van der Waals surface area contributed by atoms with Crippen LogP contribution < -0.4 is 4.90 Å². The van der Waals surface area contributed by atoms with E-state index in [1.54, 1.807) is 0 Å². The lowest BCUT2D eigenvalue weighted by Gasteiger charge is -2.36. The maximum atomic E-state index is 13.3. The van der Waals surface area contributed by atoms with Crippen LogP contribution in [0, 0.1) is 0 Å². The Kier molecular flexibility index (Phi) is 5.65. The molecule has 0 spiro atoms. The van der Waals surface area contributed by atoms with Gasteiger partial charge in [0.05, 0.1) is 10.7 Å². The van der Waals surface area contributed by atoms with Crippen molar-refractivity contribution in [1.82, 2.24) is 14.5 Å². The van der Waals surface area contributed by atoms with Crippen LogP contribution in [0.1, 0.15) is 10.5 Å². The van der Waals surface area contributed by atoms with Crippen LogP contribution in [0.2, 0.25) is 5.02 Å². The molecule has 1 aromatic heterocycles. The van der Waals surface area contributed by atoms with Gasteiger partial charge in [0.2, 0.25) is 0 Å². The molecule has 0 aliphatic carbocycles. The number of hydrogen-bond acceptors (Lipinski definition) is 3. The number of carbonyl (C=O) groups is 1. The number of anilines is 1. The smallest absolute Gasteiger partial charge is 0.274 e. The molecule has 32 heavy (non-hydrogen) atoms. The van der Waals surface area contributed by atoms with Gasteiger partial charge in [-0.15, -0.1) is 0 Å². The van der Waals surface area contributed by atoms with E-state index in [0.29, 0.717) is 18.8 Å². The van der Waals surface area contributed by atoms with Crippen molar-refractivity contribution < 1.29 is 4.79 Å². The predicted molar refractivity (Wildman–Crippen MR) is 129 cm³/mol. The van der Waals surface area contributed by atoms with E-state index in [0.717, 1.165) is 40.9 Å². The Balaban J connectivity index is 1.40. The van der Waals surface area contributed by atoms with Crippen LogP contribution in [0.3, 0.4) is 0 Å². The molecule has 2 heterocycles. The lowest BCUT2D eigenvalue weighted by Crippen LogP contribution is -2.49. The minimum absolute atomic E-state index is 0.0457. The Bertz CT molecular complexity index is 1160. The molecule has 0 unspecified atom stereocenters. The highest BCUT2D eigenvalue weighted by Crippen LogP contribution is 2.27. The average molecular weight is 443 g/mol. The van der Waals surface area contributed by atoms with Crippen LogP contribution in [-0.4, -0.2) is 46.5 Å². The quantitative estimate of drug-likeness (QED) is 0.438. The zero-order valence-corrected chi connectivity index (χ0v) is 18.3. The fourth-order valence-electron chi connectivity index (χ4n) is 4.08. The molecule has 0 radical (unpaired) electrons. The standard InChI is InChI=1S/C26H23ClN4O/c27-22-13-7-8-14-24(22)29-15-17-30(18-16-29)26(32)23-19-31(21-11-5-2-6-12-21)25(28-23)20-9-3-1-4-10-20/h1-14,19H,15-18H2. The maximum Gasteiger partial charge on any atom is 0.274 e. The first-order chi connectivity index (χ1) is 15.7. The molecule has 1 aliphatic heterocycles. The Morgan fingerprint density at radius 1 is 0.781 bits per heavy atom. The maximum absolute atomic E-state index is 13.3. The van der Waals surface area contributed by atoms with Gasteiger partial charge in [-0.25, -0.2) is 4.98 Å². The van der Waals surface area contributed by atoms with Gasteiger partial charge in [-0.1, -0.05) is 72.3 Å². The molecule has 160 valence electrons. The third-order valence-electron chi connectivity index (χ3n) is 5.75. The summed E-state index contributed by atoms with van der Waals surface area (Å²) in [5.41, 5.74) is 3.42. The third-order valence-corrected chi connectivity index (χ3v) is 6.07. The van der Waals surface area contributed by atoms with Gasteiger partial charge in [-0.2, -0.15) is 0 Å². The Morgan fingerprint density at radius 3 is 2.09 bits per heavy atom. The number of nitrogens with zero attached hydrogens (tertiary/aromatic N) is 4. The van der Waals surface area contributed by atoms with Crippen LogP contribution in [0.15, 0.2) is 91.1 Å². The van der Waals surface area contributed by atoms with Crippen molar-refractivity contribution in [2.45, 2.75) is 0 Å². The minimum atomic E-state index is -0.0457. The fourth-order valence-corrected chi connectivity index (χ4v) is 4.34. The van der Waals surface area contributed by atoms with E-state index in [4.69, 9.17) is 16.6 Å². The number of hydrogen-bond donors (Lipinski definition) is 0. The minimum Gasteiger partial charge on any atom is -0.367 e. The molecule has 1 aliphatic rings. The summed E-state index contributed by atoms with van der Waals surface area (Å²) in [7, 11) is 0. The van der Waals surface area contributed by atoms with Crippen molar-refractivity contribution >= 4 is 23.2 Å². The fraction of sp³-hybridized carbons (Fsp3) is 0.154. The van der Waals surface area contributed by atoms with Gasteiger partial charge in [0.1, 0.15) is 11.5 Å². The van der Waals surface area contributed by atoms with Crippen LogP contribution in [0.25, 0.3) is 17.1 Å². The molecule has 5 nitrogen and oxygen atoms in total. The predicted octanol–water partition coefficient (Wildman–Crippen LogP) is 5.16. The molecule has 1 saturated heterocycles. The van der Waals surface area contributed by atoms with Gasteiger partial charge in [0.25, 0.3) is 5.91 Å². The zero-order chi connectivity index (χ0) is 21.9.